The highest BCUT2D eigenvalue weighted by Gasteiger charge is 2.36. The highest BCUT2D eigenvalue weighted by atomic mass is 16.5. The Kier molecular flexibility index (Phi) is 4.93. The zero-order valence-electron chi connectivity index (χ0n) is 18.3. The molecule has 1 aliphatic heterocycles. The number of hydrogen-bond donors (Lipinski definition) is 1. The van der Waals surface area contributed by atoms with Crippen molar-refractivity contribution in [2.24, 2.45) is 5.41 Å². The summed E-state index contributed by atoms with van der Waals surface area (Å²) >= 11 is 0. The van der Waals surface area contributed by atoms with Crippen molar-refractivity contribution in [3.05, 3.63) is 58.9 Å². The quantitative estimate of drug-likeness (QED) is 0.683. The number of carbonyl (C=O) groups excluding carboxylic acids is 1. The van der Waals surface area contributed by atoms with Crippen LogP contribution < -0.4 is 5.32 Å². The molecule has 31 heavy (non-hydrogen) atoms. The van der Waals surface area contributed by atoms with Gasteiger partial charge in [0.05, 0.1) is 24.0 Å². The van der Waals surface area contributed by atoms with Gasteiger partial charge in [-0.1, -0.05) is 19.9 Å². The molecule has 1 aliphatic carbocycles. The first-order valence-electron chi connectivity index (χ1n) is 10.9. The average Bonchev–Trinajstić information content (AvgIpc) is 3.41. The van der Waals surface area contributed by atoms with E-state index in [4.69, 9.17) is 14.3 Å². The first kappa shape index (κ1) is 20.0. The van der Waals surface area contributed by atoms with E-state index in [-0.39, 0.29) is 17.4 Å². The number of furan rings is 1. The van der Waals surface area contributed by atoms with Gasteiger partial charge in [0, 0.05) is 43.1 Å². The minimum absolute atomic E-state index is 0.0234. The number of fused-ring (bicyclic) bond motifs is 3. The van der Waals surface area contributed by atoms with Gasteiger partial charge in [0.25, 0.3) is 5.91 Å². The summed E-state index contributed by atoms with van der Waals surface area (Å²) in [6, 6.07) is 5.88. The van der Waals surface area contributed by atoms with E-state index >= 15 is 0 Å². The Morgan fingerprint density at radius 1 is 1.32 bits per heavy atom. The van der Waals surface area contributed by atoms with Crippen molar-refractivity contribution >= 4 is 5.91 Å². The van der Waals surface area contributed by atoms with E-state index in [0.717, 1.165) is 54.1 Å². The first-order chi connectivity index (χ1) is 14.9. The first-order valence-corrected chi connectivity index (χ1v) is 10.9. The third-order valence-electron chi connectivity index (χ3n) is 6.56. The molecule has 0 bridgehead atoms. The van der Waals surface area contributed by atoms with E-state index in [1.54, 1.807) is 6.20 Å². The van der Waals surface area contributed by atoms with Crippen LogP contribution in [0, 0.1) is 12.3 Å². The molecule has 4 heterocycles. The summed E-state index contributed by atoms with van der Waals surface area (Å²) in [6.45, 7) is 8.14. The summed E-state index contributed by atoms with van der Waals surface area (Å²) in [5.41, 5.74) is 4.94. The van der Waals surface area contributed by atoms with E-state index in [1.807, 2.05) is 29.8 Å². The van der Waals surface area contributed by atoms with E-state index in [1.165, 1.54) is 5.56 Å². The van der Waals surface area contributed by atoms with Crippen molar-refractivity contribution in [2.45, 2.75) is 52.7 Å². The second-order valence-corrected chi connectivity index (χ2v) is 9.18. The van der Waals surface area contributed by atoms with Crippen LogP contribution >= 0.6 is 0 Å². The van der Waals surface area contributed by atoms with Crippen LogP contribution in [0.5, 0.6) is 0 Å². The van der Waals surface area contributed by atoms with Crippen molar-refractivity contribution in [3.8, 4) is 11.3 Å². The standard InChI is InChI=1S/C24H28N4O3/c1-15-20-18(31-22(15)23(29)26-12-19-24(2,3)9-11-30-19)8-7-16-13-28(27-21(16)20)14-17-6-4-5-10-25-17/h4-6,10,13,19H,7-9,11-12,14H2,1-3H3,(H,26,29). The molecule has 7 heteroatoms. The molecule has 1 fully saturated rings. The summed E-state index contributed by atoms with van der Waals surface area (Å²) in [4.78, 5) is 17.3. The van der Waals surface area contributed by atoms with Crippen LogP contribution in [0.2, 0.25) is 0 Å². The van der Waals surface area contributed by atoms with Gasteiger partial charge in [-0.05, 0) is 42.9 Å². The van der Waals surface area contributed by atoms with Crippen molar-refractivity contribution in [3.63, 3.8) is 0 Å². The third kappa shape index (κ3) is 3.67. The number of ether oxygens (including phenoxy) is 1. The van der Waals surface area contributed by atoms with Crippen LogP contribution in [0.1, 0.15) is 53.4 Å². The Morgan fingerprint density at radius 2 is 2.19 bits per heavy atom. The molecular weight excluding hydrogens is 392 g/mol. The molecule has 0 spiro atoms. The minimum atomic E-state index is -0.187. The summed E-state index contributed by atoms with van der Waals surface area (Å²) in [7, 11) is 0. The fourth-order valence-electron chi connectivity index (χ4n) is 4.57. The molecule has 162 valence electrons. The lowest BCUT2D eigenvalue weighted by molar-refractivity contribution is 0.0588. The monoisotopic (exact) mass is 420 g/mol. The number of carbonyl (C=O) groups is 1. The highest BCUT2D eigenvalue weighted by molar-refractivity contribution is 5.95. The Labute approximate surface area is 181 Å². The highest BCUT2D eigenvalue weighted by Crippen LogP contribution is 2.38. The summed E-state index contributed by atoms with van der Waals surface area (Å²) < 4.78 is 13.8. The molecule has 7 nitrogen and oxygen atoms in total. The second-order valence-electron chi connectivity index (χ2n) is 9.18. The van der Waals surface area contributed by atoms with Gasteiger partial charge in [-0.3, -0.25) is 14.5 Å². The maximum Gasteiger partial charge on any atom is 0.287 e. The van der Waals surface area contributed by atoms with E-state index < -0.39 is 0 Å². The zero-order valence-corrected chi connectivity index (χ0v) is 18.3. The summed E-state index contributed by atoms with van der Waals surface area (Å²) in [5.74, 6) is 1.04. The van der Waals surface area contributed by atoms with Gasteiger partial charge in [-0.15, -0.1) is 0 Å². The van der Waals surface area contributed by atoms with Crippen LogP contribution in [0.4, 0.5) is 0 Å². The predicted molar refractivity (Wildman–Crippen MR) is 116 cm³/mol. The van der Waals surface area contributed by atoms with Gasteiger partial charge in [0.1, 0.15) is 5.76 Å². The maximum absolute atomic E-state index is 12.9. The number of nitrogens with zero attached hydrogens (tertiary/aromatic N) is 3. The molecule has 1 N–H and O–H groups in total. The number of aryl methyl sites for hydroxylation is 2. The molecule has 3 aromatic rings. The molecule has 0 aromatic carbocycles. The molecular formula is C24H28N4O3. The number of pyridine rings is 1. The Bertz CT molecular complexity index is 1110. The van der Waals surface area contributed by atoms with Crippen LogP contribution in [0.15, 0.2) is 35.0 Å². The topological polar surface area (TPSA) is 82.2 Å². The van der Waals surface area contributed by atoms with Crippen LogP contribution in [0.25, 0.3) is 11.3 Å². The molecule has 0 saturated carbocycles. The van der Waals surface area contributed by atoms with Gasteiger partial charge in [-0.2, -0.15) is 5.10 Å². The number of amides is 1. The predicted octanol–water partition coefficient (Wildman–Crippen LogP) is 3.54. The Morgan fingerprint density at radius 3 is 2.94 bits per heavy atom. The van der Waals surface area contributed by atoms with Gasteiger partial charge < -0.3 is 14.5 Å². The molecule has 3 aromatic heterocycles. The van der Waals surface area contributed by atoms with E-state index in [0.29, 0.717) is 18.8 Å². The smallest absolute Gasteiger partial charge is 0.287 e. The van der Waals surface area contributed by atoms with Crippen LogP contribution in [-0.4, -0.2) is 39.9 Å². The minimum Gasteiger partial charge on any atom is -0.455 e. The number of rotatable bonds is 5. The molecule has 2 aliphatic rings. The third-order valence-corrected chi connectivity index (χ3v) is 6.56. The molecule has 1 amide bonds. The van der Waals surface area contributed by atoms with Gasteiger partial charge >= 0.3 is 0 Å². The van der Waals surface area contributed by atoms with Crippen molar-refractivity contribution < 1.29 is 13.9 Å². The molecule has 1 saturated heterocycles. The zero-order chi connectivity index (χ0) is 21.6. The van der Waals surface area contributed by atoms with Crippen molar-refractivity contribution in [1.82, 2.24) is 20.1 Å². The van der Waals surface area contributed by atoms with Crippen LogP contribution in [-0.2, 0) is 24.1 Å². The lowest BCUT2D eigenvalue weighted by atomic mass is 9.85. The molecule has 5 rings (SSSR count). The van der Waals surface area contributed by atoms with E-state index in [9.17, 15) is 4.79 Å². The number of aromatic nitrogens is 3. The summed E-state index contributed by atoms with van der Waals surface area (Å²) in [5, 5.41) is 7.83. The fraction of sp³-hybridized carbons (Fsp3) is 0.458. The normalized spacial score (nSPS) is 19.1. The van der Waals surface area contributed by atoms with E-state index in [2.05, 4.69) is 30.3 Å². The SMILES string of the molecule is Cc1c(C(=O)NCC2OCCC2(C)C)oc2c1-c1nn(Cc3ccccn3)cc1CC2. The molecule has 0 radical (unpaired) electrons. The van der Waals surface area contributed by atoms with Crippen molar-refractivity contribution in [1.29, 1.82) is 0 Å². The number of nitrogens with one attached hydrogen (secondary N) is 1. The second kappa shape index (κ2) is 7.64. The fourth-order valence-corrected chi connectivity index (χ4v) is 4.57. The van der Waals surface area contributed by atoms with Gasteiger partial charge in [-0.25, -0.2) is 0 Å². The Hall–Kier alpha value is -2.93. The van der Waals surface area contributed by atoms with Crippen molar-refractivity contribution in [2.75, 3.05) is 13.2 Å². The average molecular weight is 421 g/mol. The largest absolute Gasteiger partial charge is 0.455 e. The summed E-state index contributed by atoms with van der Waals surface area (Å²) in [6.07, 6.45) is 6.52. The Balaban J connectivity index is 1.37. The lowest BCUT2D eigenvalue weighted by Gasteiger charge is -2.25. The molecule has 1 atom stereocenters. The van der Waals surface area contributed by atoms with Gasteiger partial charge in [0.2, 0.25) is 0 Å². The van der Waals surface area contributed by atoms with Crippen LogP contribution in [0.3, 0.4) is 0 Å². The number of hydrogen-bond acceptors (Lipinski definition) is 5. The molecule has 1 unspecified atom stereocenters. The van der Waals surface area contributed by atoms with Gasteiger partial charge in [0.15, 0.2) is 5.76 Å². The lowest BCUT2D eigenvalue weighted by Crippen LogP contribution is -2.38. The maximum atomic E-state index is 12.9.